The average molecular weight is 218 g/mol. The largest absolute Gasteiger partial charge is 0.508 e. The first kappa shape index (κ1) is 10.2. The van der Waals surface area contributed by atoms with Gasteiger partial charge in [-0.25, -0.2) is 4.79 Å². The van der Waals surface area contributed by atoms with Crippen LogP contribution in [0.5, 0.6) is 5.75 Å². The zero-order valence-corrected chi connectivity index (χ0v) is 8.37. The van der Waals surface area contributed by atoms with Crippen molar-refractivity contribution in [2.75, 3.05) is 0 Å². The lowest BCUT2D eigenvalue weighted by molar-refractivity contribution is 0.0689. The molecular weight excluding hydrogens is 208 g/mol. The highest BCUT2D eigenvalue weighted by molar-refractivity contribution is 5.85. The molecule has 0 aliphatic rings. The number of nitrogens with zero attached hydrogens (tertiary/aromatic N) is 2. The van der Waals surface area contributed by atoms with Gasteiger partial charge in [0.2, 0.25) is 0 Å². The number of benzene rings is 1. The Kier molecular flexibility index (Phi) is 2.59. The number of aromatic nitrogens is 2. The lowest BCUT2D eigenvalue weighted by Gasteiger charge is -2.01. The van der Waals surface area contributed by atoms with E-state index in [2.05, 4.69) is 5.10 Å². The monoisotopic (exact) mass is 218 g/mol. The van der Waals surface area contributed by atoms with Crippen LogP contribution in [0.1, 0.15) is 16.1 Å². The SMILES string of the molecule is O=C(O)c1ccn(Cc2ccc(O)cc2)n1. The predicted octanol–water partition coefficient (Wildman–Crippen LogP) is 1.34. The minimum Gasteiger partial charge on any atom is -0.508 e. The van der Waals surface area contributed by atoms with E-state index in [0.29, 0.717) is 6.54 Å². The smallest absolute Gasteiger partial charge is 0.356 e. The number of carbonyl (C=O) groups is 1. The van der Waals surface area contributed by atoms with Gasteiger partial charge in [-0.05, 0) is 23.8 Å². The maximum absolute atomic E-state index is 10.6. The summed E-state index contributed by atoms with van der Waals surface area (Å²) < 4.78 is 1.54. The van der Waals surface area contributed by atoms with Gasteiger partial charge < -0.3 is 10.2 Å². The van der Waals surface area contributed by atoms with Gasteiger partial charge in [-0.3, -0.25) is 4.68 Å². The summed E-state index contributed by atoms with van der Waals surface area (Å²) in [5.41, 5.74) is 0.969. The van der Waals surface area contributed by atoms with Crippen molar-refractivity contribution in [3.63, 3.8) is 0 Å². The summed E-state index contributed by atoms with van der Waals surface area (Å²) in [5.74, 6) is -0.833. The second kappa shape index (κ2) is 4.06. The van der Waals surface area contributed by atoms with Crippen molar-refractivity contribution < 1.29 is 15.0 Å². The molecule has 5 heteroatoms. The third-order valence-corrected chi connectivity index (χ3v) is 2.14. The molecule has 2 N–H and O–H groups in total. The van der Waals surface area contributed by atoms with Crippen LogP contribution in [0.15, 0.2) is 36.5 Å². The number of rotatable bonds is 3. The number of carboxylic acids is 1. The fourth-order valence-corrected chi connectivity index (χ4v) is 1.35. The number of phenolic OH excluding ortho intramolecular Hbond substituents is 1. The van der Waals surface area contributed by atoms with Gasteiger partial charge in [0.15, 0.2) is 5.69 Å². The van der Waals surface area contributed by atoms with Gasteiger partial charge in [0.05, 0.1) is 6.54 Å². The predicted molar refractivity (Wildman–Crippen MR) is 56.4 cm³/mol. The molecule has 0 spiro atoms. The summed E-state index contributed by atoms with van der Waals surface area (Å²) >= 11 is 0. The Morgan fingerprint density at radius 3 is 2.50 bits per heavy atom. The highest BCUT2D eigenvalue weighted by Gasteiger charge is 2.06. The van der Waals surface area contributed by atoms with E-state index < -0.39 is 5.97 Å². The lowest BCUT2D eigenvalue weighted by Crippen LogP contribution is -2.03. The summed E-state index contributed by atoms with van der Waals surface area (Å²) in [5, 5.41) is 21.7. The summed E-state index contributed by atoms with van der Waals surface area (Å²) in [6, 6.07) is 8.13. The molecule has 0 atom stereocenters. The number of aromatic hydroxyl groups is 1. The molecule has 0 saturated heterocycles. The van der Waals surface area contributed by atoms with Crippen LogP contribution in [0.3, 0.4) is 0 Å². The molecule has 5 nitrogen and oxygen atoms in total. The first-order valence-corrected chi connectivity index (χ1v) is 4.70. The third kappa shape index (κ3) is 2.20. The fourth-order valence-electron chi connectivity index (χ4n) is 1.35. The summed E-state index contributed by atoms with van der Waals surface area (Å²) in [7, 11) is 0. The van der Waals surface area contributed by atoms with Crippen molar-refractivity contribution in [3.8, 4) is 5.75 Å². The summed E-state index contributed by atoms with van der Waals surface area (Å²) in [4.78, 5) is 10.6. The van der Waals surface area contributed by atoms with Crippen molar-refractivity contribution in [2.24, 2.45) is 0 Å². The van der Waals surface area contributed by atoms with E-state index in [1.807, 2.05) is 0 Å². The Labute approximate surface area is 91.6 Å². The molecule has 0 aliphatic carbocycles. The maximum atomic E-state index is 10.6. The highest BCUT2D eigenvalue weighted by atomic mass is 16.4. The molecule has 82 valence electrons. The van der Waals surface area contributed by atoms with Crippen LogP contribution in [0.2, 0.25) is 0 Å². The van der Waals surface area contributed by atoms with Crippen molar-refractivity contribution in [1.82, 2.24) is 9.78 Å². The molecule has 2 rings (SSSR count). The molecule has 1 aromatic heterocycles. The number of phenols is 1. The van der Waals surface area contributed by atoms with E-state index in [0.717, 1.165) is 5.56 Å². The third-order valence-electron chi connectivity index (χ3n) is 2.14. The van der Waals surface area contributed by atoms with Crippen LogP contribution < -0.4 is 0 Å². The van der Waals surface area contributed by atoms with Gasteiger partial charge in [-0.15, -0.1) is 0 Å². The standard InChI is InChI=1S/C11H10N2O3/c14-9-3-1-8(2-4-9)7-13-6-5-10(12-13)11(15)16/h1-6,14H,7H2,(H,15,16). The molecule has 1 heterocycles. The van der Waals surface area contributed by atoms with E-state index >= 15 is 0 Å². The van der Waals surface area contributed by atoms with Crippen molar-refractivity contribution in [3.05, 3.63) is 47.8 Å². The van der Waals surface area contributed by atoms with Gasteiger partial charge in [0, 0.05) is 6.20 Å². The molecule has 0 aliphatic heterocycles. The molecule has 0 amide bonds. The molecule has 16 heavy (non-hydrogen) atoms. The Morgan fingerprint density at radius 1 is 1.25 bits per heavy atom. The lowest BCUT2D eigenvalue weighted by atomic mass is 10.2. The van der Waals surface area contributed by atoms with Crippen LogP contribution >= 0.6 is 0 Å². The van der Waals surface area contributed by atoms with Crippen molar-refractivity contribution in [1.29, 1.82) is 0 Å². The van der Waals surface area contributed by atoms with Gasteiger partial charge in [-0.2, -0.15) is 5.10 Å². The Hall–Kier alpha value is -2.30. The molecule has 2 aromatic rings. The Balaban J connectivity index is 2.14. The molecule has 0 radical (unpaired) electrons. The van der Waals surface area contributed by atoms with E-state index in [4.69, 9.17) is 10.2 Å². The first-order chi connectivity index (χ1) is 7.65. The number of carboxylic acid groups (broad SMARTS) is 1. The van der Waals surface area contributed by atoms with Crippen LogP contribution in [0.25, 0.3) is 0 Å². The van der Waals surface area contributed by atoms with Crippen LogP contribution in [0.4, 0.5) is 0 Å². The molecule has 0 unspecified atom stereocenters. The average Bonchev–Trinajstić information content (AvgIpc) is 2.70. The van der Waals surface area contributed by atoms with Crippen LogP contribution in [-0.4, -0.2) is 26.0 Å². The minimum atomic E-state index is -1.04. The minimum absolute atomic E-state index is 0.0266. The van der Waals surface area contributed by atoms with Gasteiger partial charge in [0.25, 0.3) is 0 Å². The fraction of sp³-hybridized carbons (Fsp3) is 0.0909. The van der Waals surface area contributed by atoms with Crippen LogP contribution in [0, 0.1) is 0 Å². The van der Waals surface area contributed by atoms with Crippen molar-refractivity contribution in [2.45, 2.75) is 6.54 Å². The second-order valence-electron chi connectivity index (χ2n) is 3.37. The molecule has 1 aromatic carbocycles. The molecule has 0 bridgehead atoms. The molecular formula is C11H10N2O3. The normalized spacial score (nSPS) is 10.2. The maximum Gasteiger partial charge on any atom is 0.356 e. The van der Waals surface area contributed by atoms with Crippen LogP contribution in [-0.2, 0) is 6.54 Å². The van der Waals surface area contributed by atoms with E-state index in [9.17, 15) is 4.79 Å². The van der Waals surface area contributed by atoms with E-state index in [1.54, 1.807) is 30.5 Å². The topological polar surface area (TPSA) is 75.3 Å². The molecule has 0 saturated carbocycles. The number of hydrogen-bond acceptors (Lipinski definition) is 3. The van der Waals surface area contributed by atoms with Crippen molar-refractivity contribution >= 4 is 5.97 Å². The Morgan fingerprint density at radius 2 is 1.94 bits per heavy atom. The summed E-state index contributed by atoms with van der Waals surface area (Å²) in [6.45, 7) is 0.480. The van der Waals surface area contributed by atoms with E-state index in [-0.39, 0.29) is 11.4 Å². The van der Waals surface area contributed by atoms with Gasteiger partial charge >= 0.3 is 5.97 Å². The Bertz CT molecular complexity index is 502. The number of aromatic carboxylic acids is 1. The zero-order valence-electron chi connectivity index (χ0n) is 8.37. The zero-order chi connectivity index (χ0) is 11.5. The first-order valence-electron chi connectivity index (χ1n) is 4.70. The highest BCUT2D eigenvalue weighted by Crippen LogP contribution is 2.10. The summed E-state index contributed by atoms with van der Waals surface area (Å²) in [6.07, 6.45) is 1.61. The van der Waals surface area contributed by atoms with Gasteiger partial charge in [-0.1, -0.05) is 12.1 Å². The second-order valence-corrected chi connectivity index (χ2v) is 3.37. The number of hydrogen-bond donors (Lipinski definition) is 2. The van der Waals surface area contributed by atoms with E-state index in [1.165, 1.54) is 10.7 Å². The molecule has 0 fully saturated rings. The quantitative estimate of drug-likeness (QED) is 0.815. The van der Waals surface area contributed by atoms with Gasteiger partial charge in [0.1, 0.15) is 5.75 Å².